The first-order valence-electron chi connectivity index (χ1n) is 8.32. The van der Waals surface area contributed by atoms with Crippen LogP contribution in [0.5, 0.6) is 11.5 Å². The molecule has 27 heavy (non-hydrogen) atoms. The van der Waals surface area contributed by atoms with Gasteiger partial charge in [-0.25, -0.2) is 4.79 Å². The molecule has 0 aliphatic rings. The maximum Gasteiger partial charge on any atom is 0.326 e. The summed E-state index contributed by atoms with van der Waals surface area (Å²) in [5.74, 6) is 0.422. The lowest BCUT2D eigenvalue weighted by Crippen LogP contribution is -2.34. The van der Waals surface area contributed by atoms with E-state index < -0.39 is 0 Å². The smallest absolute Gasteiger partial charge is 0.326 e. The first-order chi connectivity index (χ1) is 13.1. The summed E-state index contributed by atoms with van der Waals surface area (Å²) in [5.41, 5.74) is 2.27. The lowest BCUT2D eigenvalue weighted by molar-refractivity contribution is 0.256. The normalized spacial score (nSPS) is 10.3. The minimum absolute atomic E-state index is 0.0578. The Morgan fingerprint density at radius 2 is 1.78 bits per heavy atom. The van der Waals surface area contributed by atoms with Gasteiger partial charge in [-0.15, -0.1) is 0 Å². The second kappa shape index (κ2) is 8.60. The fourth-order valence-corrected chi connectivity index (χ4v) is 3.15. The monoisotopic (exact) mass is 426 g/mol. The Kier molecular flexibility index (Phi) is 5.98. The highest BCUT2D eigenvalue weighted by atomic mass is 79.9. The van der Waals surface area contributed by atoms with Crippen LogP contribution in [-0.2, 0) is 6.54 Å². The summed E-state index contributed by atoms with van der Waals surface area (Å²) in [6, 6.07) is 21.6. The zero-order valence-corrected chi connectivity index (χ0v) is 16.3. The molecule has 0 spiro atoms. The average molecular weight is 427 g/mol. The van der Waals surface area contributed by atoms with Crippen LogP contribution in [0, 0.1) is 0 Å². The molecule has 0 atom stereocenters. The van der Waals surface area contributed by atoms with E-state index >= 15 is 0 Å². The van der Waals surface area contributed by atoms with Crippen LogP contribution in [-0.4, -0.2) is 18.2 Å². The number of carbonyl (C=O) groups excluding carboxylic acids is 1. The molecular weight excluding hydrogens is 408 g/mol. The second-order valence-corrected chi connectivity index (χ2v) is 6.69. The maximum atomic E-state index is 13.0. The summed E-state index contributed by atoms with van der Waals surface area (Å²) in [6.07, 6.45) is 0. The lowest BCUT2D eigenvalue weighted by atomic mass is 10.1. The predicted molar refractivity (Wildman–Crippen MR) is 110 cm³/mol. The molecular formula is C21H19BrN2O3. The third kappa shape index (κ3) is 4.60. The molecule has 0 unspecified atom stereocenters. The second-order valence-electron chi connectivity index (χ2n) is 5.84. The van der Waals surface area contributed by atoms with Gasteiger partial charge in [0.15, 0.2) is 11.5 Å². The van der Waals surface area contributed by atoms with Gasteiger partial charge in [-0.3, -0.25) is 4.90 Å². The van der Waals surface area contributed by atoms with Gasteiger partial charge < -0.3 is 15.2 Å². The standard InChI is InChI=1S/C21H19BrN2O3/c1-27-20-13-15(11-12-19(20)25)14-24(18-10-6-5-9-17(18)22)21(26)23-16-7-3-2-4-8-16/h2-13,25H,14H2,1H3,(H,23,26). The molecule has 6 heteroatoms. The van der Waals surface area contributed by atoms with Crippen molar-refractivity contribution >= 4 is 33.3 Å². The highest BCUT2D eigenvalue weighted by molar-refractivity contribution is 9.10. The number of anilines is 2. The number of carbonyl (C=O) groups is 1. The lowest BCUT2D eigenvalue weighted by Gasteiger charge is -2.25. The molecule has 5 nitrogen and oxygen atoms in total. The summed E-state index contributed by atoms with van der Waals surface area (Å²) in [6.45, 7) is 0.303. The van der Waals surface area contributed by atoms with Gasteiger partial charge in [0.1, 0.15) is 0 Å². The number of para-hydroxylation sites is 2. The van der Waals surface area contributed by atoms with Crippen LogP contribution >= 0.6 is 15.9 Å². The van der Waals surface area contributed by atoms with Crippen LogP contribution in [0.3, 0.4) is 0 Å². The number of ether oxygens (including phenoxy) is 1. The van der Waals surface area contributed by atoms with Crippen molar-refractivity contribution in [2.45, 2.75) is 6.54 Å². The fourth-order valence-electron chi connectivity index (χ4n) is 2.65. The summed E-state index contributed by atoms with van der Waals surface area (Å²) >= 11 is 3.52. The van der Waals surface area contributed by atoms with Crippen molar-refractivity contribution in [3.63, 3.8) is 0 Å². The number of benzene rings is 3. The number of aromatic hydroxyl groups is 1. The molecule has 3 rings (SSSR count). The zero-order chi connectivity index (χ0) is 19.2. The predicted octanol–water partition coefficient (Wildman–Crippen LogP) is 5.40. The Morgan fingerprint density at radius 3 is 2.48 bits per heavy atom. The molecule has 0 saturated carbocycles. The number of hydrogen-bond donors (Lipinski definition) is 2. The molecule has 0 bridgehead atoms. The number of phenols is 1. The van der Waals surface area contributed by atoms with Crippen LogP contribution < -0.4 is 15.0 Å². The van der Waals surface area contributed by atoms with Crippen LogP contribution in [0.1, 0.15) is 5.56 Å². The van der Waals surface area contributed by atoms with E-state index in [9.17, 15) is 9.90 Å². The van der Waals surface area contributed by atoms with E-state index in [0.717, 1.165) is 15.7 Å². The van der Waals surface area contributed by atoms with E-state index in [1.807, 2.05) is 54.6 Å². The van der Waals surface area contributed by atoms with Crippen molar-refractivity contribution in [1.29, 1.82) is 0 Å². The SMILES string of the molecule is COc1cc(CN(C(=O)Nc2ccccc2)c2ccccc2Br)ccc1O. The van der Waals surface area contributed by atoms with E-state index in [1.165, 1.54) is 7.11 Å². The molecule has 0 aliphatic heterocycles. The van der Waals surface area contributed by atoms with Crippen molar-refractivity contribution in [2.75, 3.05) is 17.3 Å². The number of hydrogen-bond acceptors (Lipinski definition) is 3. The third-order valence-electron chi connectivity index (χ3n) is 4.00. The van der Waals surface area contributed by atoms with Gasteiger partial charge in [0.05, 0.1) is 19.3 Å². The van der Waals surface area contributed by atoms with Gasteiger partial charge >= 0.3 is 6.03 Å². The Bertz CT molecular complexity index is 932. The maximum absolute atomic E-state index is 13.0. The summed E-state index contributed by atoms with van der Waals surface area (Å²) in [4.78, 5) is 14.6. The first kappa shape index (κ1) is 18.8. The largest absolute Gasteiger partial charge is 0.504 e. The summed E-state index contributed by atoms with van der Waals surface area (Å²) in [7, 11) is 1.49. The van der Waals surface area contributed by atoms with Gasteiger partial charge in [0.2, 0.25) is 0 Å². The van der Waals surface area contributed by atoms with Crippen LogP contribution in [0.25, 0.3) is 0 Å². The fraction of sp³-hybridized carbons (Fsp3) is 0.0952. The molecule has 0 radical (unpaired) electrons. The van der Waals surface area contributed by atoms with Crippen molar-refractivity contribution in [3.05, 3.63) is 82.8 Å². The number of nitrogens with one attached hydrogen (secondary N) is 1. The molecule has 0 aliphatic carbocycles. The molecule has 0 aromatic heterocycles. The molecule has 0 saturated heterocycles. The number of amides is 2. The van der Waals surface area contributed by atoms with Crippen molar-refractivity contribution < 1.29 is 14.6 Å². The van der Waals surface area contributed by atoms with Crippen LogP contribution in [0.15, 0.2) is 77.3 Å². The Morgan fingerprint density at radius 1 is 1.07 bits per heavy atom. The minimum Gasteiger partial charge on any atom is -0.504 e. The van der Waals surface area contributed by atoms with E-state index in [0.29, 0.717) is 18.0 Å². The number of urea groups is 1. The van der Waals surface area contributed by atoms with E-state index in [2.05, 4.69) is 21.2 Å². The van der Waals surface area contributed by atoms with E-state index in [1.54, 1.807) is 23.1 Å². The molecule has 2 N–H and O–H groups in total. The third-order valence-corrected chi connectivity index (χ3v) is 4.67. The molecule has 0 fully saturated rings. The molecule has 3 aromatic rings. The highest BCUT2D eigenvalue weighted by Crippen LogP contribution is 2.31. The number of halogens is 1. The zero-order valence-electron chi connectivity index (χ0n) is 14.7. The first-order valence-corrected chi connectivity index (χ1v) is 9.12. The van der Waals surface area contributed by atoms with Crippen molar-refractivity contribution in [2.24, 2.45) is 0 Å². The van der Waals surface area contributed by atoms with Crippen LogP contribution in [0.2, 0.25) is 0 Å². The van der Waals surface area contributed by atoms with Crippen molar-refractivity contribution in [3.8, 4) is 11.5 Å². The Labute approximate surface area is 166 Å². The topological polar surface area (TPSA) is 61.8 Å². The van der Waals surface area contributed by atoms with Gasteiger partial charge in [0.25, 0.3) is 0 Å². The number of methoxy groups -OCH3 is 1. The van der Waals surface area contributed by atoms with Crippen molar-refractivity contribution in [1.82, 2.24) is 0 Å². The van der Waals surface area contributed by atoms with Gasteiger partial charge in [-0.1, -0.05) is 36.4 Å². The number of nitrogens with zero attached hydrogens (tertiary/aromatic N) is 1. The van der Waals surface area contributed by atoms with E-state index in [4.69, 9.17) is 4.74 Å². The summed E-state index contributed by atoms with van der Waals surface area (Å²) < 4.78 is 5.98. The number of rotatable bonds is 5. The van der Waals surface area contributed by atoms with E-state index in [-0.39, 0.29) is 11.8 Å². The molecule has 0 heterocycles. The molecule has 3 aromatic carbocycles. The average Bonchev–Trinajstić information content (AvgIpc) is 2.68. The Balaban J connectivity index is 1.93. The summed E-state index contributed by atoms with van der Waals surface area (Å²) in [5, 5.41) is 12.7. The number of phenolic OH excluding ortho intramolecular Hbond substituents is 1. The highest BCUT2D eigenvalue weighted by Gasteiger charge is 2.19. The Hall–Kier alpha value is -2.99. The quantitative estimate of drug-likeness (QED) is 0.573. The van der Waals surface area contributed by atoms with Gasteiger partial charge in [-0.05, 0) is 57.9 Å². The molecule has 2 amide bonds. The minimum atomic E-state index is -0.264. The van der Waals surface area contributed by atoms with Gasteiger partial charge in [0, 0.05) is 10.2 Å². The molecule has 138 valence electrons. The van der Waals surface area contributed by atoms with Crippen LogP contribution in [0.4, 0.5) is 16.2 Å². The van der Waals surface area contributed by atoms with Gasteiger partial charge in [-0.2, -0.15) is 0 Å².